The number of hydrogen-bond acceptors (Lipinski definition) is 7. The van der Waals surface area contributed by atoms with Gasteiger partial charge < -0.3 is 24.8 Å². The van der Waals surface area contributed by atoms with Crippen molar-refractivity contribution in [3.8, 4) is 11.5 Å². The van der Waals surface area contributed by atoms with Crippen molar-refractivity contribution < 1.29 is 28.6 Å². The van der Waals surface area contributed by atoms with Crippen molar-refractivity contribution >= 4 is 47.3 Å². The van der Waals surface area contributed by atoms with Gasteiger partial charge in [-0.05, 0) is 37.6 Å². The van der Waals surface area contributed by atoms with Crippen LogP contribution in [-0.2, 0) is 14.3 Å². The number of hydrazone groups is 1. The van der Waals surface area contributed by atoms with Crippen molar-refractivity contribution in [1.29, 1.82) is 0 Å². The second kappa shape index (κ2) is 12.3. The first-order valence-electron chi connectivity index (χ1n) is 10.8. The van der Waals surface area contributed by atoms with Crippen LogP contribution in [0.3, 0.4) is 0 Å². The number of amides is 3. The Morgan fingerprint density at radius 2 is 1.97 bits per heavy atom. The molecule has 0 aromatic heterocycles. The van der Waals surface area contributed by atoms with Crippen molar-refractivity contribution in [3.63, 3.8) is 0 Å². The maximum Gasteiger partial charge on any atom is 0.338 e. The third-order valence-corrected chi connectivity index (χ3v) is 5.85. The number of methoxy groups -OCH3 is 1. The van der Waals surface area contributed by atoms with Gasteiger partial charge in [0, 0.05) is 11.3 Å². The van der Waals surface area contributed by atoms with E-state index in [-0.39, 0.29) is 24.5 Å². The summed E-state index contributed by atoms with van der Waals surface area (Å²) in [7, 11) is 1.43. The van der Waals surface area contributed by atoms with Gasteiger partial charge in [-0.15, -0.1) is 0 Å². The molecule has 0 bridgehead atoms. The van der Waals surface area contributed by atoms with Gasteiger partial charge >= 0.3 is 12.0 Å². The number of rotatable bonds is 9. The monoisotopic (exact) mass is 534 g/mol. The lowest BCUT2D eigenvalue weighted by atomic mass is 9.95. The molecule has 1 aliphatic heterocycles. The van der Waals surface area contributed by atoms with Crippen LogP contribution in [0.2, 0.25) is 10.0 Å². The highest BCUT2D eigenvalue weighted by Gasteiger charge is 2.32. The van der Waals surface area contributed by atoms with Gasteiger partial charge in [0.15, 0.2) is 18.1 Å². The average molecular weight is 535 g/mol. The molecule has 3 N–H and O–H groups in total. The molecule has 0 spiro atoms. The van der Waals surface area contributed by atoms with Crippen LogP contribution < -0.4 is 25.5 Å². The molecule has 0 unspecified atom stereocenters. The zero-order valence-corrected chi connectivity index (χ0v) is 21.2. The van der Waals surface area contributed by atoms with Gasteiger partial charge in [-0.25, -0.2) is 15.0 Å². The van der Waals surface area contributed by atoms with Crippen molar-refractivity contribution in [2.24, 2.45) is 5.10 Å². The minimum Gasteiger partial charge on any atom is -0.493 e. The molecule has 0 radical (unpaired) electrons. The summed E-state index contributed by atoms with van der Waals surface area (Å²) in [5.41, 5.74) is 4.09. The highest BCUT2D eigenvalue weighted by atomic mass is 35.5. The molecule has 3 rings (SSSR count). The van der Waals surface area contributed by atoms with Crippen molar-refractivity contribution in [1.82, 2.24) is 16.1 Å². The van der Waals surface area contributed by atoms with Gasteiger partial charge in [0.25, 0.3) is 5.91 Å². The normalized spacial score (nSPS) is 15.2. The molecule has 2 aromatic rings. The van der Waals surface area contributed by atoms with Crippen LogP contribution in [0.1, 0.15) is 31.0 Å². The number of carbonyl (C=O) groups excluding carboxylic acids is 3. The molecule has 0 aliphatic carbocycles. The standard InChI is InChI=1S/C24H24Cl2N4O6/c1-4-35-23(32)20-13(2)28-24(33)29-22(20)14-8-9-17(18(10-14)34-3)36-12-19(31)30-27-11-15-6-5-7-16(25)21(15)26/h5-11,22H,4,12H2,1-3H3,(H,30,31)(H2,28,29,33)/b27-11+/t22-/m0/s1. The number of allylic oxidation sites excluding steroid dienone is 1. The van der Waals surface area contributed by atoms with Crippen molar-refractivity contribution in [2.45, 2.75) is 19.9 Å². The molecule has 1 atom stereocenters. The van der Waals surface area contributed by atoms with Crippen molar-refractivity contribution in [2.75, 3.05) is 20.3 Å². The van der Waals surface area contributed by atoms with Crippen LogP contribution in [0.4, 0.5) is 4.79 Å². The molecular formula is C24H24Cl2N4O6. The molecule has 0 saturated heterocycles. The van der Waals surface area contributed by atoms with E-state index in [0.29, 0.717) is 32.6 Å². The first kappa shape index (κ1) is 26.8. The molecule has 10 nitrogen and oxygen atoms in total. The lowest BCUT2D eigenvalue weighted by molar-refractivity contribution is -0.139. The fourth-order valence-corrected chi connectivity index (χ4v) is 3.73. The summed E-state index contributed by atoms with van der Waals surface area (Å²) in [4.78, 5) is 36.7. The SMILES string of the molecule is CCOC(=O)C1=C(C)NC(=O)N[C@H]1c1ccc(OCC(=O)N/N=C/c2cccc(Cl)c2Cl)c(OC)c1. The summed E-state index contributed by atoms with van der Waals surface area (Å²) in [6, 6.07) is 8.65. The summed E-state index contributed by atoms with van der Waals surface area (Å²) in [6.07, 6.45) is 1.37. The first-order valence-corrected chi connectivity index (χ1v) is 11.5. The Morgan fingerprint density at radius 3 is 2.69 bits per heavy atom. The molecular weight excluding hydrogens is 511 g/mol. The summed E-state index contributed by atoms with van der Waals surface area (Å²) in [5.74, 6) is -0.507. The van der Waals surface area contributed by atoms with E-state index in [0.717, 1.165) is 0 Å². The zero-order valence-electron chi connectivity index (χ0n) is 19.7. The van der Waals surface area contributed by atoms with E-state index in [9.17, 15) is 14.4 Å². The van der Waals surface area contributed by atoms with Crippen LogP contribution in [0.5, 0.6) is 11.5 Å². The maximum absolute atomic E-state index is 12.5. The van der Waals surface area contributed by atoms with E-state index in [1.165, 1.54) is 13.3 Å². The van der Waals surface area contributed by atoms with Crippen LogP contribution in [0.25, 0.3) is 0 Å². The number of urea groups is 1. The van der Waals surface area contributed by atoms with Gasteiger partial charge in [-0.2, -0.15) is 5.10 Å². The second-order valence-corrected chi connectivity index (χ2v) is 8.21. The third kappa shape index (κ3) is 6.46. The highest BCUT2D eigenvalue weighted by molar-refractivity contribution is 6.43. The molecule has 2 aromatic carbocycles. The number of benzene rings is 2. The predicted molar refractivity (Wildman–Crippen MR) is 134 cm³/mol. The smallest absolute Gasteiger partial charge is 0.338 e. The van der Waals surface area contributed by atoms with Crippen LogP contribution in [0, 0.1) is 0 Å². The number of hydrogen-bond donors (Lipinski definition) is 3. The Labute approximate surface area is 217 Å². The molecule has 190 valence electrons. The lowest BCUT2D eigenvalue weighted by Crippen LogP contribution is -2.45. The van der Waals surface area contributed by atoms with Gasteiger partial charge in [-0.1, -0.05) is 41.4 Å². The third-order valence-electron chi connectivity index (χ3n) is 5.02. The predicted octanol–water partition coefficient (Wildman–Crippen LogP) is 3.72. The largest absolute Gasteiger partial charge is 0.493 e. The van der Waals surface area contributed by atoms with Crippen LogP contribution in [0.15, 0.2) is 52.8 Å². The summed E-state index contributed by atoms with van der Waals surface area (Å²) in [6.45, 7) is 3.15. The minimum absolute atomic E-state index is 0.185. The quantitative estimate of drug-likeness (QED) is 0.255. The Hall–Kier alpha value is -3.76. The Morgan fingerprint density at radius 1 is 1.19 bits per heavy atom. The topological polar surface area (TPSA) is 127 Å². The average Bonchev–Trinajstić information content (AvgIpc) is 2.84. The fourth-order valence-electron chi connectivity index (χ4n) is 3.38. The molecule has 0 saturated carbocycles. The van der Waals surface area contributed by atoms with E-state index in [2.05, 4.69) is 21.2 Å². The number of esters is 1. The van der Waals surface area contributed by atoms with Crippen LogP contribution in [-0.4, -0.2) is 44.4 Å². The summed E-state index contributed by atoms with van der Waals surface area (Å²) < 4.78 is 16.1. The maximum atomic E-state index is 12.5. The Bertz CT molecular complexity index is 1230. The van der Waals surface area contributed by atoms with E-state index in [1.807, 2.05) is 0 Å². The van der Waals surface area contributed by atoms with E-state index < -0.39 is 23.9 Å². The highest BCUT2D eigenvalue weighted by Crippen LogP contribution is 2.34. The van der Waals surface area contributed by atoms with Gasteiger partial charge in [-0.3, -0.25) is 4.79 Å². The van der Waals surface area contributed by atoms with E-state index >= 15 is 0 Å². The van der Waals surface area contributed by atoms with Gasteiger partial charge in [0.1, 0.15) is 0 Å². The summed E-state index contributed by atoms with van der Waals surface area (Å²) >= 11 is 12.0. The lowest BCUT2D eigenvalue weighted by Gasteiger charge is -2.28. The van der Waals surface area contributed by atoms with Gasteiger partial charge in [0.2, 0.25) is 0 Å². The Balaban J connectivity index is 1.70. The number of ether oxygens (including phenoxy) is 3. The van der Waals surface area contributed by atoms with Gasteiger partial charge in [0.05, 0.1) is 41.6 Å². The van der Waals surface area contributed by atoms with Crippen LogP contribution >= 0.6 is 23.2 Å². The molecule has 0 fully saturated rings. The molecule has 1 heterocycles. The molecule has 3 amide bonds. The Kier molecular flexibility index (Phi) is 9.15. The molecule has 36 heavy (non-hydrogen) atoms. The molecule has 1 aliphatic rings. The van der Waals surface area contributed by atoms with E-state index in [4.69, 9.17) is 37.4 Å². The fraction of sp³-hybridized carbons (Fsp3) is 0.250. The first-order chi connectivity index (χ1) is 17.2. The summed E-state index contributed by atoms with van der Waals surface area (Å²) in [5, 5.41) is 9.83. The minimum atomic E-state index is -0.767. The molecule has 12 heteroatoms. The number of halogens is 2. The number of carbonyl (C=O) groups is 3. The van der Waals surface area contributed by atoms with Crippen molar-refractivity contribution in [3.05, 3.63) is 68.8 Å². The number of nitrogens with zero attached hydrogens (tertiary/aromatic N) is 1. The number of nitrogens with one attached hydrogen (secondary N) is 3. The second-order valence-electron chi connectivity index (χ2n) is 7.43. The van der Waals surface area contributed by atoms with E-state index in [1.54, 1.807) is 50.2 Å². The zero-order chi connectivity index (χ0) is 26.2.